The molecule has 2 heterocycles. The van der Waals surface area contributed by atoms with Gasteiger partial charge in [0, 0.05) is 34.7 Å². The normalized spacial score (nSPS) is 12.0. The molecule has 0 N–H and O–H groups in total. The van der Waals surface area contributed by atoms with Crippen molar-refractivity contribution in [3.05, 3.63) is 60.4 Å². The number of carbonyl (C=O) groups is 1. The van der Waals surface area contributed by atoms with Crippen molar-refractivity contribution in [3.8, 4) is 17.1 Å². The van der Waals surface area contributed by atoms with Crippen LogP contribution in [0, 0.1) is 5.92 Å². The number of ether oxygens (including phenoxy) is 2. The molecule has 3 aromatic rings. The van der Waals surface area contributed by atoms with Gasteiger partial charge >= 0.3 is 5.97 Å². The molecule has 0 bridgehead atoms. The lowest BCUT2D eigenvalue weighted by Gasteiger charge is -2.12. The minimum absolute atomic E-state index is 0.0667. The highest BCUT2D eigenvalue weighted by molar-refractivity contribution is 5.84. The molecule has 5 heteroatoms. The van der Waals surface area contributed by atoms with Crippen LogP contribution in [0.15, 0.2) is 53.5 Å². The second kappa shape index (κ2) is 9.41. The number of carbonyl (C=O) groups excluding carboxylic acids is 1. The molecule has 1 atom stereocenters. The van der Waals surface area contributed by atoms with Gasteiger partial charge in [0.2, 0.25) is 0 Å². The maximum Gasteiger partial charge on any atom is 0.330 e. The van der Waals surface area contributed by atoms with E-state index >= 15 is 0 Å². The zero-order chi connectivity index (χ0) is 20.8. The summed E-state index contributed by atoms with van der Waals surface area (Å²) in [7, 11) is 0. The Labute approximate surface area is 171 Å². The first-order valence-electron chi connectivity index (χ1n) is 9.98. The minimum atomic E-state index is -0.422. The molecule has 0 radical (unpaired) electrons. The third-order valence-electron chi connectivity index (χ3n) is 4.70. The number of hydrogen-bond donors (Lipinski definition) is 0. The van der Waals surface area contributed by atoms with Gasteiger partial charge < -0.3 is 13.9 Å². The third-order valence-corrected chi connectivity index (χ3v) is 4.70. The molecule has 0 aliphatic heterocycles. The maximum absolute atomic E-state index is 11.1. The zero-order valence-corrected chi connectivity index (χ0v) is 17.2. The van der Waals surface area contributed by atoms with Crippen LogP contribution in [0.25, 0.3) is 22.3 Å². The van der Waals surface area contributed by atoms with Crippen molar-refractivity contribution < 1.29 is 18.7 Å². The van der Waals surface area contributed by atoms with Crippen molar-refractivity contribution in [1.29, 1.82) is 0 Å². The summed E-state index contributed by atoms with van der Waals surface area (Å²) >= 11 is 0. The highest BCUT2D eigenvalue weighted by Gasteiger charge is 2.13. The van der Waals surface area contributed by atoms with Crippen LogP contribution >= 0.6 is 0 Å². The SMILES string of the molecule is C=CC(=O)OCC(C)COc1ccc2cc(-c3ccc(CC)nc3CC)oc2c1. The average molecular weight is 393 g/mol. The quantitative estimate of drug-likeness (QED) is 0.362. The van der Waals surface area contributed by atoms with Crippen LogP contribution in [0.4, 0.5) is 0 Å². The van der Waals surface area contributed by atoms with Gasteiger partial charge in [0.25, 0.3) is 0 Å². The van der Waals surface area contributed by atoms with E-state index in [-0.39, 0.29) is 5.92 Å². The van der Waals surface area contributed by atoms with Crippen molar-refractivity contribution in [2.45, 2.75) is 33.6 Å². The number of aromatic nitrogens is 1. The maximum atomic E-state index is 11.1. The van der Waals surface area contributed by atoms with Gasteiger partial charge in [0.1, 0.15) is 17.1 Å². The van der Waals surface area contributed by atoms with Gasteiger partial charge in [0.05, 0.1) is 18.9 Å². The van der Waals surface area contributed by atoms with Gasteiger partial charge in [-0.2, -0.15) is 0 Å². The molecule has 152 valence electrons. The van der Waals surface area contributed by atoms with Crippen LogP contribution in [0.2, 0.25) is 0 Å². The summed E-state index contributed by atoms with van der Waals surface area (Å²) in [6.45, 7) is 10.3. The van der Waals surface area contributed by atoms with Crippen LogP contribution in [-0.4, -0.2) is 24.2 Å². The van der Waals surface area contributed by atoms with Crippen LogP contribution < -0.4 is 4.74 Å². The van der Waals surface area contributed by atoms with Crippen LogP contribution in [0.3, 0.4) is 0 Å². The first kappa shape index (κ1) is 20.6. The number of hydrogen-bond acceptors (Lipinski definition) is 5. The van der Waals surface area contributed by atoms with Crippen LogP contribution in [0.1, 0.15) is 32.2 Å². The molecular formula is C24H27NO4. The van der Waals surface area contributed by atoms with Gasteiger partial charge in [-0.15, -0.1) is 0 Å². The second-order valence-corrected chi connectivity index (χ2v) is 7.06. The van der Waals surface area contributed by atoms with E-state index in [0.29, 0.717) is 13.2 Å². The Kier molecular flexibility index (Phi) is 6.70. The fourth-order valence-electron chi connectivity index (χ4n) is 3.04. The molecule has 1 aromatic carbocycles. The number of pyridine rings is 1. The first-order valence-corrected chi connectivity index (χ1v) is 9.98. The number of nitrogens with zero attached hydrogens (tertiary/aromatic N) is 1. The van der Waals surface area contributed by atoms with Crippen molar-refractivity contribution in [3.63, 3.8) is 0 Å². The zero-order valence-electron chi connectivity index (χ0n) is 17.2. The largest absolute Gasteiger partial charge is 0.493 e. The van der Waals surface area contributed by atoms with E-state index in [1.807, 2.05) is 31.2 Å². The Morgan fingerprint density at radius 2 is 2.00 bits per heavy atom. The fourth-order valence-corrected chi connectivity index (χ4v) is 3.04. The van der Waals surface area contributed by atoms with E-state index in [1.165, 1.54) is 0 Å². The van der Waals surface area contributed by atoms with E-state index in [4.69, 9.17) is 18.9 Å². The molecule has 5 nitrogen and oxygen atoms in total. The molecule has 0 amide bonds. The molecule has 0 aliphatic rings. The Balaban J connectivity index is 1.73. The highest BCUT2D eigenvalue weighted by atomic mass is 16.5. The number of benzene rings is 1. The molecule has 29 heavy (non-hydrogen) atoms. The molecule has 2 aromatic heterocycles. The predicted octanol–water partition coefficient (Wildman–Crippen LogP) is 5.36. The summed E-state index contributed by atoms with van der Waals surface area (Å²) in [5.74, 6) is 1.18. The molecule has 0 spiro atoms. The molecule has 1 unspecified atom stereocenters. The molecule has 3 rings (SSSR count). The van der Waals surface area contributed by atoms with Crippen molar-refractivity contribution >= 4 is 16.9 Å². The summed E-state index contributed by atoms with van der Waals surface area (Å²) in [6, 6.07) is 12.0. The van der Waals surface area contributed by atoms with Gasteiger partial charge in [-0.3, -0.25) is 4.98 Å². The van der Waals surface area contributed by atoms with Crippen molar-refractivity contribution in [1.82, 2.24) is 4.98 Å². The molecular weight excluding hydrogens is 366 g/mol. The Morgan fingerprint density at radius 3 is 2.72 bits per heavy atom. The molecule has 0 saturated carbocycles. The van der Waals surface area contributed by atoms with Crippen molar-refractivity contribution in [2.75, 3.05) is 13.2 Å². The van der Waals surface area contributed by atoms with Gasteiger partial charge in [-0.05, 0) is 43.2 Å². The second-order valence-electron chi connectivity index (χ2n) is 7.06. The number of fused-ring (bicyclic) bond motifs is 1. The molecule has 0 fully saturated rings. The smallest absolute Gasteiger partial charge is 0.330 e. The Hall–Kier alpha value is -3.08. The topological polar surface area (TPSA) is 61.6 Å². The molecule has 0 aliphatic carbocycles. The van der Waals surface area contributed by atoms with Gasteiger partial charge in [-0.1, -0.05) is 27.4 Å². The average Bonchev–Trinajstić information content (AvgIpc) is 3.18. The summed E-state index contributed by atoms with van der Waals surface area (Å²) in [4.78, 5) is 15.9. The summed E-state index contributed by atoms with van der Waals surface area (Å²) in [5.41, 5.74) is 3.93. The number of rotatable bonds is 9. The monoisotopic (exact) mass is 393 g/mol. The third kappa shape index (κ3) is 5.05. The van der Waals surface area contributed by atoms with Crippen LogP contribution in [-0.2, 0) is 22.4 Å². The van der Waals surface area contributed by atoms with Crippen LogP contribution in [0.5, 0.6) is 5.75 Å². The van der Waals surface area contributed by atoms with E-state index < -0.39 is 5.97 Å². The Morgan fingerprint density at radius 1 is 1.17 bits per heavy atom. The molecule has 0 saturated heterocycles. The van der Waals surface area contributed by atoms with E-state index in [2.05, 4.69) is 32.6 Å². The van der Waals surface area contributed by atoms with Gasteiger partial charge in [0.15, 0.2) is 0 Å². The lowest BCUT2D eigenvalue weighted by molar-refractivity contribution is -0.139. The standard InChI is InChI=1S/C24H27NO4/c1-5-18-9-11-20(21(6-2)25-18)23-12-17-8-10-19(13-22(17)29-23)27-14-16(4)15-28-24(26)7-3/h7-13,16H,3,5-6,14-15H2,1-2,4H3. The predicted molar refractivity (Wildman–Crippen MR) is 114 cm³/mol. The van der Waals surface area contributed by atoms with Crippen molar-refractivity contribution in [2.24, 2.45) is 5.92 Å². The number of aryl methyl sites for hydroxylation is 2. The first-order chi connectivity index (χ1) is 14.0. The summed E-state index contributed by atoms with van der Waals surface area (Å²) in [5, 5.41) is 1.02. The fraction of sp³-hybridized carbons (Fsp3) is 0.333. The van der Waals surface area contributed by atoms with E-state index in [9.17, 15) is 4.79 Å². The highest BCUT2D eigenvalue weighted by Crippen LogP contribution is 2.32. The lowest BCUT2D eigenvalue weighted by atomic mass is 10.1. The summed E-state index contributed by atoms with van der Waals surface area (Å²) < 4.78 is 17.0. The number of esters is 1. The summed E-state index contributed by atoms with van der Waals surface area (Å²) in [6.07, 6.45) is 2.92. The number of furan rings is 1. The van der Waals surface area contributed by atoms with E-state index in [1.54, 1.807) is 0 Å². The Bertz CT molecular complexity index is 1010. The van der Waals surface area contributed by atoms with Gasteiger partial charge in [-0.25, -0.2) is 4.79 Å². The lowest BCUT2D eigenvalue weighted by Crippen LogP contribution is -2.16. The minimum Gasteiger partial charge on any atom is -0.493 e. The van der Waals surface area contributed by atoms with E-state index in [0.717, 1.165) is 58.3 Å².